The van der Waals surface area contributed by atoms with Gasteiger partial charge in [0.15, 0.2) is 5.82 Å². The number of aryl methyl sites for hydroxylation is 2. The van der Waals surface area contributed by atoms with Crippen LogP contribution in [0.4, 0.5) is 0 Å². The number of piperidine rings is 1. The second-order valence-corrected chi connectivity index (χ2v) is 13.7. The van der Waals surface area contributed by atoms with Crippen molar-refractivity contribution in [3.8, 4) is 28.7 Å². The van der Waals surface area contributed by atoms with E-state index in [1.165, 1.54) is 5.56 Å². The molecule has 11 nitrogen and oxygen atoms in total. The van der Waals surface area contributed by atoms with Crippen molar-refractivity contribution in [2.45, 2.75) is 71.4 Å². The first-order valence-corrected chi connectivity index (χ1v) is 17.7. The second-order valence-electron chi connectivity index (χ2n) is 12.7. The number of hydrogen-bond donors (Lipinski definition) is 1. The van der Waals surface area contributed by atoms with Crippen LogP contribution < -0.4 is 5.32 Å². The number of ether oxygens (including phenoxy) is 1. The van der Waals surface area contributed by atoms with Gasteiger partial charge in [0.1, 0.15) is 29.2 Å². The Labute approximate surface area is 298 Å². The van der Waals surface area contributed by atoms with E-state index in [0.717, 1.165) is 63.2 Å². The molecule has 254 valence electrons. The first-order chi connectivity index (χ1) is 24.9. The van der Waals surface area contributed by atoms with Crippen molar-refractivity contribution < 1.29 is 19.1 Å². The molecule has 12 heteroatoms. The van der Waals surface area contributed by atoms with Crippen LogP contribution in [0.25, 0.3) is 5.00 Å². The molecule has 0 aliphatic carbocycles. The van der Waals surface area contributed by atoms with Gasteiger partial charge >= 0.3 is 0 Å². The Morgan fingerprint density at radius 3 is 2.75 bits per heavy atom. The molecule has 3 aliphatic rings. The quantitative estimate of drug-likeness (QED) is 0.158. The highest BCUT2D eigenvalue weighted by atomic mass is 32.1. The summed E-state index contributed by atoms with van der Waals surface area (Å²) in [6, 6.07) is 15.2. The summed E-state index contributed by atoms with van der Waals surface area (Å²) in [5.74, 6) is 13.9. The number of hydrogen-bond acceptors (Lipinski definition) is 8. The summed E-state index contributed by atoms with van der Waals surface area (Å²) in [6.45, 7) is 3.90. The molecule has 8 rings (SSSR count). The highest BCUT2D eigenvalue weighted by Gasteiger charge is 2.39. The topological polar surface area (TPSA) is 124 Å². The monoisotopic (exact) mass is 695 g/mol. The number of fused-ring (bicyclic) bond motifs is 4. The molecule has 51 heavy (non-hydrogen) atoms. The Hall–Kier alpha value is -5.82. The van der Waals surface area contributed by atoms with E-state index in [0.29, 0.717) is 43.9 Å². The summed E-state index contributed by atoms with van der Waals surface area (Å²) in [6.07, 6.45) is 6.52. The number of imidazole rings is 1. The Morgan fingerprint density at radius 2 is 1.88 bits per heavy atom. The van der Waals surface area contributed by atoms with E-state index in [2.05, 4.69) is 73.0 Å². The zero-order chi connectivity index (χ0) is 34.9. The molecule has 1 unspecified atom stereocenters. The van der Waals surface area contributed by atoms with Crippen LogP contribution >= 0.6 is 11.3 Å². The number of amides is 3. The molecule has 0 spiro atoms. The molecule has 6 heterocycles. The maximum Gasteiger partial charge on any atom is 0.255 e. The molecule has 0 radical (unpaired) electrons. The summed E-state index contributed by atoms with van der Waals surface area (Å²) < 4.78 is 10.1. The number of carbonyl (C=O) groups is 3. The predicted octanol–water partition coefficient (Wildman–Crippen LogP) is 4.45. The van der Waals surface area contributed by atoms with Crippen molar-refractivity contribution in [2.24, 2.45) is 0 Å². The van der Waals surface area contributed by atoms with Crippen molar-refractivity contribution in [1.82, 2.24) is 34.5 Å². The van der Waals surface area contributed by atoms with Gasteiger partial charge < -0.3 is 14.2 Å². The largest absolute Gasteiger partial charge is 0.369 e. The van der Waals surface area contributed by atoms with E-state index in [1.807, 2.05) is 35.9 Å². The fourth-order valence-electron chi connectivity index (χ4n) is 6.79. The number of nitrogens with zero attached hydrogens (tertiary/aromatic N) is 6. The van der Waals surface area contributed by atoms with Crippen molar-refractivity contribution >= 4 is 29.1 Å². The summed E-state index contributed by atoms with van der Waals surface area (Å²) in [7, 11) is 0. The molecule has 3 amide bonds. The number of carbonyl (C=O) groups excluding carboxylic acids is 3. The predicted molar refractivity (Wildman–Crippen MR) is 189 cm³/mol. The van der Waals surface area contributed by atoms with Crippen molar-refractivity contribution in [3.05, 3.63) is 117 Å². The van der Waals surface area contributed by atoms with Gasteiger partial charge in [-0.25, -0.2) is 4.98 Å². The van der Waals surface area contributed by atoms with E-state index < -0.39 is 11.9 Å². The second kappa shape index (κ2) is 13.8. The average molecular weight is 696 g/mol. The summed E-state index contributed by atoms with van der Waals surface area (Å²) in [5, 5.41) is 12.0. The van der Waals surface area contributed by atoms with E-state index >= 15 is 0 Å². The molecular formula is C39H33N7O4S. The van der Waals surface area contributed by atoms with Gasteiger partial charge in [0.25, 0.3) is 5.91 Å². The standard InChI is InChI=1S/C39H33N7O4S/c1-25-42-43-35-23-50-22-32-30(19-26-9-4-2-5-10-26)34(51-39(32)46(25)35)16-14-28-20-44(24-40-28)18-7-3-6-11-27-12-8-13-29-31(27)21-45(38(29)49)33-15-17-36(47)41-37(33)48/h2,4-5,8-10,12-13,20,24,33H,3,7,15,17-19,21-23H2,1H3,(H,41,47,48). The molecule has 1 saturated heterocycles. The number of rotatable bonds is 6. The van der Waals surface area contributed by atoms with E-state index in [1.54, 1.807) is 28.6 Å². The van der Waals surface area contributed by atoms with Gasteiger partial charge in [0.2, 0.25) is 11.8 Å². The van der Waals surface area contributed by atoms with Crippen LogP contribution in [0.15, 0.2) is 61.1 Å². The van der Waals surface area contributed by atoms with Crippen LogP contribution in [-0.2, 0) is 47.1 Å². The van der Waals surface area contributed by atoms with Gasteiger partial charge in [-0.3, -0.25) is 24.3 Å². The Morgan fingerprint density at radius 1 is 1.00 bits per heavy atom. The molecule has 0 bridgehead atoms. The molecule has 1 atom stereocenters. The van der Waals surface area contributed by atoms with Gasteiger partial charge in [-0.05, 0) is 66.9 Å². The first kappa shape index (κ1) is 32.4. The lowest BCUT2D eigenvalue weighted by molar-refractivity contribution is -0.136. The molecule has 1 fully saturated rings. The Kier molecular flexibility index (Phi) is 8.78. The normalized spacial score (nSPS) is 16.3. The van der Waals surface area contributed by atoms with Crippen molar-refractivity contribution in [2.75, 3.05) is 0 Å². The van der Waals surface area contributed by atoms with E-state index in [4.69, 9.17) is 4.74 Å². The lowest BCUT2D eigenvalue weighted by Crippen LogP contribution is -2.52. The van der Waals surface area contributed by atoms with Crippen LogP contribution in [0.1, 0.15) is 86.1 Å². The molecule has 1 N–H and O–H groups in total. The number of unbranched alkanes of at least 4 members (excludes halogenated alkanes) is 1. The number of aromatic nitrogens is 5. The van der Waals surface area contributed by atoms with Gasteiger partial charge in [-0.1, -0.05) is 48.2 Å². The molecule has 5 aromatic rings. The lowest BCUT2D eigenvalue weighted by Gasteiger charge is -2.29. The Balaban J connectivity index is 0.940. The average Bonchev–Trinajstić information content (AvgIpc) is 3.88. The van der Waals surface area contributed by atoms with Crippen molar-refractivity contribution in [1.29, 1.82) is 0 Å². The molecule has 3 aliphatic heterocycles. The Bertz CT molecular complexity index is 2310. The minimum absolute atomic E-state index is 0.197. The van der Waals surface area contributed by atoms with Gasteiger partial charge in [0, 0.05) is 48.8 Å². The molecule has 0 saturated carbocycles. The van der Waals surface area contributed by atoms with Gasteiger partial charge in [0.05, 0.1) is 17.8 Å². The third kappa shape index (κ3) is 6.47. The third-order valence-electron chi connectivity index (χ3n) is 9.35. The molecular weight excluding hydrogens is 663 g/mol. The SMILES string of the molecule is Cc1nnc2n1-c1sc(C#Cc3cn(CCCC#Cc4cccc5c4CN(C4CCC(=O)NC4=O)C5=O)cn3)c(Cc3ccccc3)c1COC2. The number of imide groups is 1. The number of nitrogens with one attached hydrogen (secondary N) is 1. The van der Waals surface area contributed by atoms with Gasteiger partial charge in [-0.15, -0.1) is 21.5 Å². The fourth-order valence-corrected chi connectivity index (χ4v) is 8.04. The minimum atomic E-state index is -0.647. The number of benzene rings is 2. The highest BCUT2D eigenvalue weighted by Crippen LogP contribution is 2.37. The highest BCUT2D eigenvalue weighted by molar-refractivity contribution is 7.15. The van der Waals surface area contributed by atoms with Gasteiger partial charge in [-0.2, -0.15) is 0 Å². The van der Waals surface area contributed by atoms with Crippen LogP contribution in [0.3, 0.4) is 0 Å². The zero-order valence-electron chi connectivity index (χ0n) is 27.9. The maximum absolute atomic E-state index is 13.1. The van der Waals surface area contributed by atoms with E-state index in [-0.39, 0.29) is 18.2 Å². The summed E-state index contributed by atoms with van der Waals surface area (Å²) in [5.41, 5.74) is 6.36. The third-order valence-corrected chi connectivity index (χ3v) is 10.5. The van der Waals surface area contributed by atoms with Crippen molar-refractivity contribution in [3.63, 3.8) is 0 Å². The van der Waals surface area contributed by atoms with Crippen LogP contribution in [0, 0.1) is 30.6 Å². The number of thiophene rings is 1. The first-order valence-electron chi connectivity index (χ1n) is 16.9. The molecule has 3 aromatic heterocycles. The van der Waals surface area contributed by atoms with Crippen LogP contribution in [-0.4, -0.2) is 53.0 Å². The maximum atomic E-state index is 13.1. The van der Waals surface area contributed by atoms with Crippen LogP contribution in [0.2, 0.25) is 0 Å². The van der Waals surface area contributed by atoms with E-state index in [9.17, 15) is 14.4 Å². The summed E-state index contributed by atoms with van der Waals surface area (Å²) in [4.78, 5) is 44.2. The molecule has 2 aromatic carbocycles. The zero-order valence-corrected chi connectivity index (χ0v) is 28.8. The fraction of sp³-hybridized carbons (Fsp3) is 0.282. The summed E-state index contributed by atoms with van der Waals surface area (Å²) >= 11 is 1.64. The van der Waals surface area contributed by atoms with Crippen LogP contribution in [0.5, 0.6) is 0 Å². The minimum Gasteiger partial charge on any atom is -0.369 e. The lowest BCUT2D eigenvalue weighted by atomic mass is 10.0. The smallest absolute Gasteiger partial charge is 0.255 e.